The largest absolute Gasteiger partial charge is 0.494 e. The number of carbonyl (C=O) groups excluding carboxylic acids is 2. The summed E-state index contributed by atoms with van der Waals surface area (Å²) >= 11 is 3.45. The summed E-state index contributed by atoms with van der Waals surface area (Å²) in [5.74, 6) is 0.00786. The standard InChI is InChI=1S/C20H19IN2O4S/c1-3-26-13-9-10-16-17(11-13)28-20(23(16)12-18(24)27-4-2)22-19(25)14-7-5-6-8-15(14)21/h5-11H,3-4,12H2,1-2H3. The van der Waals surface area contributed by atoms with Crippen LogP contribution >= 0.6 is 33.9 Å². The monoisotopic (exact) mass is 510 g/mol. The Kier molecular flexibility index (Phi) is 6.84. The van der Waals surface area contributed by atoms with E-state index in [2.05, 4.69) is 27.6 Å². The highest BCUT2D eigenvalue weighted by Crippen LogP contribution is 2.24. The second-order valence-electron chi connectivity index (χ2n) is 5.74. The van der Waals surface area contributed by atoms with E-state index in [0.717, 1.165) is 19.5 Å². The number of nitrogens with zero attached hydrogens (tertiary/aromatic N) is 2. The molecular formula is C20H19IN2O4S. The Bertz CT molecular complexity index is 1090. The highest BCUT2D eigenvalue weighted by molar-refractivity contribution is 14.1. The molecule has 3 aromatic rings. The van der Waals surface area contributed by atoms with Gasteiger partial charge in [0.15, 0.2) is 4.80 Å². The van der Waals surface area contributed by atoms with Gasteiger partial charge in [0.25, 0.3) is 5.91 Å². The van der Waals surface area contributed by atoms with E-state index in [1.807, 2.05) is 37.3 Å². The smallest absolute Gasteiger partial charge is 0.326 e. The van der Waals surface area contributed by atoms with E-state index in [-0.39, 0.29) is 18.4 Å². The number of carbonyl (C=O) groups is 2. The van der Waals surface area contributed by atoms with Crippen molar-refractivity contribution in [2.45, 2.75) is 20.4 Å². The van der Waals surface area contributed by atoms with Crippen LogP contribution in [0, 0.1) is 3.57 Å². The summed E-state index contributed by atoms with van der Waals surface area (Å²) in [6, 6.07) is 12.9. The number of thiazole rings is 1. The van der Waals surface area contributed by atoms with Crippen LogP contribution < -0.4 is 9.54 Å². The van der Waals surface area contributed by atoms with Crippen LogP contribution in [-0.4, -0.2) is 29.7 Å². The normalized spacial score (nSPS) is 11.6. The molecule has 1 amide bonds. The van der Waals surface area contributed by atoms with Crippen molar-refractivity contribution < 1.29 is 19.1 Å². The fourth-order valence-corrected chi connectivity index (χ4v) is 4.34. The van der Waals surface area contributed by atoms with Crippen molar-refractivity contribution in [1.82, 2.24) is 4.57 Å². The van der Waals surface area contributed by atoms with E-state index >= 15 is 0 Å². The molecule has 1 heterocycles. The molecule has 2 aromatic carbocycles. The number of esters is 1. The summed E-state index contributed by atoms with van der Waals surface area (Å²) in [7, 11) is 0. The first-order valence-corrected chi connectivity index (χ1v) is 10.7. The molecule has 3 rings (SSSR count). The lowest BCUT2D eigenvalue weighted by molar-refractivity contribution is -0.143. The lowest BCUT2D eigenvalue weighted by Crippen LogP contribution is -2.23. The van der Waals surface area contributed by atoms with Crippen LogP contribution in [0.1, 0.15) is 24.2 Å². The molecule has 0 spiro atoms. The molecule has 146 valence electrons. The zero-order valence-electron chi connectivity index (χ0n) is 15.5. The van der Waals surface area contributed by atoms with Gasteiger partial charge < -0.3 is 14.0 Å². The van der Waals surface area contributed by atoms with E-state index in [9.17, 15) is 9.59 Å². The molecule has 0 saturated carbocycles. The minimum Gasteiger partial charge on any atom is -0.494 e. The van der Waals surface area contributed by atoms with Gasteiger partial charge in [0.05, 0.1) is 29.0 Å². The maximum atomic E-state index is 12.7. The third kappa shape index (κ3) is 4.61. The number of benzene rings is 2. The Morgan fingerprint density at radius 3 is 2.64 bits per heavy atom. The predicted octanol–water partition coefficient (Wildman–Crippen LogP) is 4.01. The molecule has 0 atom stereocenters. The number of rotatable bonds is 6. The second kappa shape index (κ2) is 9.33. The van der Waals surface area contributed by atoms with Gasteiger partial charge in [-0.3, -0.25) is 9.59 Å². The maximum Gasteiger partial charge on any atom is 0.326 e. The molecule has 0 unspecified atom stereocenters. The van der Waals surface area contributed by atoms with Crippen LogP contribution in [0.5, 0.6) is 5.75 Å². The zero-order valence-corrected chi connectivity index (χ0v) is 18.5. The van der Waals surface area contributed by atoms with E-state index in [4.69, 9.17) is 9.47 Å². The summed E-state index contributed by atoms with van der Waals surface area (Å²) in [6.45, 7) is 4.51. The highest BCUT2D eigenvalue weighted by Gasteiger charge is 2.14. The molecule has 6 nitrogen and oxygen atoms in total. The van der Waals surface area contributed by atoms with Gasteiger partial charge >= 0.3 is 5.97 Å². The van der Waals surface area contributed by atoms with Crippen molar-refractivity contribution in [3.05, 3.63) is 56.4 Å². The summed E-state index contributed by atoms with van der Waals surface area (Å²) < 4.78 is 14.1. The third-order valence-corrected chi connectivity index (χ3v) is 5.84. The SMILES string of the molecule is CCOC(=O)Cn1c(=NC(=O)c2ccccc2I)sc2cc(OCC)ccc21. The molecule has 0 aliphatic heterocycles. The summed E-state index contributed by atoms with van der Waals surface area (Å²) in [4.78, 5) is 29.6. The molecule has 0 aliphatic rings. The van der Waals surface area contributed by atoms with Crippen molar-refractivity contribution >= 4 is 56.0 Å². The predicted molar refractivity (Wildman–Crippen MR) is 117 cm³/mol. The Balaban J connectivity index is 2.12. The van der Waals surface area contributed by atoms with Gasteiger partial charge in [-0.05, 0) is 66.8 Å². The molecule has 0 bridgehead atoms. The number of hydrogen-bond acceptors (Lipinski definition) is 5. The average Bonchev–Trinajstić information content (AvgIpc) is 2.99. The van der Waals surface area contributed by atoms with E-state index < -0.39 is 0 Å². The number of aromatic nitrogens is 1. The molecule has 8 heteroatoms. The fraction of sp³-hybridized carbons (Fsp3) is 0.250. The number of ether oxygens (including phenoxy) is 2. The van der Waals surface area contributed by atoms with Crippen molar-refractivity contribution in [2.75, 3.05) is 13.2 Å². The number of fused-ring (bicyclic) bond motifs is 1. The van der Waals surface area contributed by atoms with Gasteiger partial charge in [0.1, 0.15) is 12.3 Å². The lowest BCUT2D eigenvalue weighted by atomic mass is 10.2. The van der Waals surface area contributed by atoms with E-state index in [1.54, 1.807) is 23.6 Å². The first kappa shape index (κ1) is 20.5. The average molecular weight is 510 g/mol. The quantitative estimate of drug-likeness (QED) is 0.371. The Labute approximate surface area is 180 Å². The summed E-state index contributed by atoms with van der Waals surface area (Å²) in [5.41, 5.74) is 1.33. The van der Waals surface area contributed by atoms with Crippen molar-refractivity contribution in [2.24, 2.45) is 4.99 Å². The van der Waals surface area contributed by atoms with Crippen LogP contribution in [0.4, 0.5) is 0 Å². The van der Waals surface area contributed by atoms with Gasteiger partial charge in [-0.15, -0.1) is 0 Å². The maximum absolute atomic E-state index is 12.7. The van der Waals surface area contributed by atoms with Crippen LogP contribution in [0.3, 0.4) is 0 Å². The van der Waals surface area contributed by atoms with Gasteiger partial charge in [0.2, 0.25) is 0 Å². The van der Waals surface area contributed by atoms with Crippen LogP contribution in [0.15, 0.2) is 47.5 Å². The van der Waals surface area contributed by atoms with Gasteiger partial charge in [-0.2, -0.15) is 4.99 Å². The Morgan fingerprint density at radius 1 is 1.14 bits per heavy atom. The van der Waals surface area contributed by atoms with Crippen LogP contribution in [-0.2, 0) is 16.1 Å². The van der Waals surface area contributed by atoms with Gasteiger partial charge in [-0.1, -0.05) is 23.5 Å². The highest BCUT2D eigenvalue weighted by atomic mass is 127. The van der Waals surface area contributed by atoms with Crippen molar-refractivity contribution in [3.8, 4) is 5.75 Å². The molecule has 1 aromatic heterocycles. The van der Waals surface area contributed by atoms with Crippen LogP contribution in [0.2, 0.25) is 0 Å². The minimum atomic E-state index is -0.376. The Hall–Kier alpha value is -2.20. The first-order chi connectivity index (χ1) is 13.5. The van der Waals surface area contributed by atoms with Crippen molar-refractivity contribution in [1.29, 1.82) is 0 Å². The zero-order chi connectivity index (χ0) is 20.1. The fourth-order valence-electron chi connectivity index (χ4n) is 2.67. The first-order valence-electron chi connectivity index (χ1n) is 8.78. The van der Waals surface area contributed by atoms with E-state index in [0.29, 0.717) is 23.6 Å². The van der Waals surface area contributed by atoms with Gasteiger partial charge in [0, 0.05) is 3.57 Å². The topological polar surface area (TPSA) is 69.9 Å². The molecular weight excluding hydrogens is 491 g/mol. The van der Waals surface area contributed by atoms with Crippen LogP contribution in [0.25, 0.3) is 10.2 Å². The van der Waals surface area contributed by atoms with Gasteiger partial charge in [-0.25, -0.2) is 0 Å². The summed E-state index contributed by atoms with van der Waals surface area (Å²) in [6.07, 6.45) is 0. The molecule has 0 N–H and O–H groups in total. The molecule has 0 saturated heterocycles. The molecule has 0 aliphatic carbocycles. The van der Waals surface area contributed by atoms with Crippen molar-refractivity contribution in [3.63, 3.8) is 0 Å². The molecule has 0 radical (unpaired) electrons. The third-order valence-electron chi connectivity index (χ3n) is 3.86. The molecule has 28 heavy (non-hydrogen) atoms. The number of hydrogen-bond donors (Lipinski definition) is 0. The number of amides is 1. The lowest BCUT2D eigenvalue weighted by Gasteiger charge is -2.06. The second-order valence-corrected chi connectivity index (χ2v) is 7.91. The summed E-state index contributed by atoms with van der Waals surface area (Å²) in [5, 5.41) is 0. The molecule has 0 fully saturated rings. The Morgan fingerprint density at radius 2 is 1.93 bits per heavy atom. The minimum absolute atomic E-state index is 0.0141. The van der Waals surface area contributed by atoms with E-state index in [1.165, 1.54) is 11.3 Å². The number of halogens is 1.